The van der Waals surface area contributed by atoms with Crippen LogP contribution in [-0.4, -0.2) is 27.5 Å². The molecule has 250 valence electrons. The van der Waals surface area contributed by atoms with Crippen molar-refractivity contribution in [2.45, 2.75) is 18.2 Å². The van der Waals surface area contributed by atoms with Crippen LogP contribution >= 0.6 is 0 Å². The molecule has 0 bridgehead atoms. The molecule has 0 amide bonds. The van der Waals surface area contributed by atoms with Crippen LogP contribution in [0.5, 0.6) is 0 Å². The molecule has 6 aromatic rings. The van der Waals surface area contributed by atoms with Gasteiger partial charge >= 0.3 is 0 Å². The molecule has 2 aromatic heterocycles. The molecule has 4 aliphatic rings. The molecule has 0 saturated carbocycles. The summed E-state index contributed by atoms with van der Waals surface area (Å²) >= 11 is 0. The van der Waals surface area contributed by atoms with E-state index in [2.05, 4.69) is 142 Å². The van der Waals surface area contributed by atoms with E-state index in [0.717, 1.165) is 68.5 Å². The van der Waals surface area contributed by atoms with Gasteiger partial charge in [0.15, 0.2) is 12.1 Å². The van der Waals surface area contributed by atoms with Crippen LogP contribution in [0.15, 0.2) is 176 Å². The lowest BCUT2D eigenvalue weighted by Gasteiger charge is -2.30. The van der Waals surface area contributed by atoms with Crippen LogP contribution in [0.25, 0.3) is 39.2 Å². The van der Waals surface area contributed by atoms with E-state index in [1.165, 1.54) is 11.3 Å². The Morgan fingerprint density at radius 3 is 2.29 bits per heavy atom. The molecular weight excluding hydrogens is 641 g/mol. The Morgan fingerprint density at radius 2 is 1.46 bits per heavy atom. The number of para-hydroxylation sites is 1. The van der Waals surface area contributed by atoms with Gasteiger partial charge in [0.25, 0.3) is 0 Å². The van der Waals surface area contributed by atoms with Crippen LogP contribution in [0.2, 0.25) is 0 Å². The molecule has 7 heteroatoms. The minimum absolute atomic E-state index is 0.0585. The number of allylic oxidation sites excluding steroid dienone is 3. The summed E-state index contributed by atoms with van der Waals surface area (Å²) in [4.78, 5) is 16.9. The summed E-state index contributed by atoms with van der Waals surface area (Å²) in [6, 6.07) is 42.6. The van der Waals surface area contributed by atoms with Gasteiger partial charge in [-0.15, -0.1) is 0 Å². The number of ether oxygens (including phenoxy) is 1. The lowest BCUT2D eigenvalue weighted by Crippen LogP contribution is -2.31. The van der Waals surface area contributed by atoms with E-state index in [1.54, 1.807) is 0 Å². The SMILES string of the molecule is C1=CC(c2nc(-c3ccc(-c4ccncc4)cc3)cc(-c3cccc(N4c5ccccc5C5C6=C(C=CC54)NC(c4ccccc4)O6)c3)n2)=CCN1. The number of aromatic nitrogens is 3. The predicted molar refractivity (Wildman–Crippen MR) is 206 cm³/mol. The summed E-state index contributed by atoms with van der Waals surface area (Å²) in [6.07, 6.45) is 14.1. The minimum atomic E-state index is -0.211. The third-order valence-electron chi connectivity index (χ3n) is 10.2. The first-order valence-corrected chi connectivity index (χ1v) is 17.7. The van der Waals surface area contributed by atoms with Crippen molar-refractivity contribution in [2.75, 3.05) is 11.4 Å². The van der Waals surface area contributed by atoms with Gasteiger partial charge in [0.05, 0.1) is 29.0 Å². The molecular formula is C45H34N6O. The van der Waals surface area contributed by atoms with Crippen LogP contribution in [0.4, 0.5) is 11.4 Å². The largest absolute Gasteiger partial charge is 0.468 e. The number of dihydropyridines is 1. The van der Waals surface area contributed by atoms with E-state index in [0.29, 0.717) is 5.82 Å². The summed E-state index contributed by atoms with van der Waals surface area (Å²) in [7, 11) is 0. The van der Waals surface area contributed by atoms with Crippen molar-refractivity contribution in [3.8, 4) is 33.6 Å². The number of hydrogen-bond acceptors (Lipinski definition) is 7. The van der Waals surface area contributed by atoms with Crippen molar-refractivity contribution in [3.63, 3.8) is 0 Å². The summed E-state index contributed by atoms with van der Waals surface area (Å²) in [5.74, 6) is 1.76. The lowest BCUT2D eigenvalue weighted by atomic mass is 9.88. The monoisotopic (exact) mass is 674 g/mol. The molecule has 5 heterocycles. The molecule has 52 heavy (non-hydrogen) atoms. The number of fused-ring (bicyclic) bond motifs is 4. The summed E-state index contributed by atoms with van der Waals surface area (Å²) in [6.45, 7) is 0.735. The minimum Gasteiger partial charge on any atom is -0.468 e. The highest BCUT2D eigenvalue weighted by molar-refractivity contribution is 5.81. The third-order valence-corrected chi connectivity index (χ3v) is 10.2. The van der Waals surface area contributed by atoms with Crippen LogP contribution in [0, 0.1) is 0 Å². The van der Waals surface area contributed by atoms with E-state index in [4.69, 9.17) is 14.7 Å². The molecule has 2 N–H and O–H groups in total. The highest BCUT2D eigenvalue weighted by atomic mass is 16.5. The van der Waals surface area contributed by atoms with E-state index in [9.17, 15) is 0 Å². The first kappa shape index (κ1) is 30.1. The fourth-order valence-corrected chi connectivity index (χ4v) is 7.73. The lowest BCUT2D eigenvalue weighted by molar-refractivity contribution is 0.116. The fourth-order valence-electron chi connectivity index (χ4n) is 7.73. The van der Waals surface area contributed by atoms with Crippen molar-refractivity contribution in [2.24, 2.45) is 0 Å². The topological polar surface area (TPSA) is 75.2 Å². The second-order valence-corrected chi connectivity index (χ2v) is 13.3. The van der Waals surface area contributed by atoms with E-state index < -0.39 is 0 Å². The maximum absolute atomic E-state index is 6.71. The summed E-state index contributed by atoms with van der Waals surface area (Å²) in [5, 5.41) is 6.87. The van der Waals surface area contributed by atoms with E-state index in [-0.39, 0.29) is 18.2 Å². The quantitative estimate of drug-likeness (QED) is 0.183. The number of anilines is 2. The second kappa shape index (κ2) is 12.5. The molecule has 10 rings (SSSR count). The van der Waals surface area contributed by atoms with Crippen molar-refractivity contribution >= 4 is 16.9 Å². The van der Waals surface area contributed by atoms with Gasteiger partial charge in [0, 0.05) is 52.6 Å². The maximum Gasteiger partial charge on any atom is 0.196 e. The van der Waals surface area contributed by atoms with Gasteiger partial charge in [-0.1, -0.05) is 97.1 Å². The summed E-state index contributed by atoms with van der Waals surface area (Å²) in [5.41, 5.74) is 12.8. The van der Waals surface area contributed by atoms with Crippen molar-refractivity contribution in [1.29, 1.82) is 0 Å². The molecule has 3 aliphatic heterocycles. The van der Waals surface area contributed by atoms with Crippen molar-refractivity contribution < 1.29 is 4.74 Å². The predicted octanol–water partition coefficient (Wildman–Crippen LogP) is 9.08. The van der Waals surface area contributed by atoms with Gasteiger partial charge in [-0.2, -0.15) is 0 Å². The molecule has 1 aliphatic carbocycles. The number of nitrogens with zero attached hydrogens (tertiary/aromatic N) is 4. The Labute approximate surface area is 302 Å². The smallest absolute Gasteiger partial charge is 0.196 e. The molecule has 0 saturated heterocycles. The molecule has 3 unspecified atom stereocenters. The third kappa shape index (κ3) is 5.26. The van der Waals surface area contributed by atoms with Gasteiger partial charge in [-0.3, -0.25) is 4.98 Å². The van der Waals surface area contributed by atoms with Crippen LogP contribution in [0.3, 0.4) is 0 Å². The molecule has 0 spiro atoms. The second-order valence-electron chi connectivity index (χ2n) is 13.3. The molecule has 7 nitrogen and oxygen atoms in total. The van der Waals surface area contributed by atoms with Crippen molar-refractivity contribution in [3.05, 3.63) is 193 Å². The average molecular weight is 675 g/mol. The van der Waals surface area contributed by atoms with Crippen LogP contribution < -0.4 is 15.5 Å². The Bertz CT molecular complexity index is 2430. The Hall–Kier alpha value is -6.73. The highest BCUT2D eigenvalue weighted by Crippen LogP contribution is 2.53. The highest BCUT2D eigenvalue weighted by Gasteiger charge is 2.46. The number of rotatable bonds is 6. The number of hydrogen-bond donors (Lipinski definition) is 2. The zero-order valence-corrected chi connectivity index (χ0v) is 28.2. The first-order chi connectivity index (χ1) is 25.8. The molecule has 3 atom stereocenters. The average Bonchev–Trinajstić information content (AvgIpc) is 3.82. The van der Waals surface area contributed by atoms with Gasteiger partial charge in [0.2, 0.25) is 0 Å². The van der Waals surface area contributed by atoms with Gasteiger partial charge in [0.1, 0.15) is 5.76 Å². The molecule has 0 fully saturated rings. The maximum atomic E-state index is 6.71. The molecule has 0 radical (unpaired) electrons. The summed E-state index contributed by atoms with van der Waals surface area (Å²) < 4.78 is 6.71. The number of pyridine rings is 1. The van der Waals surface area contributed by atoms with Gasteiger partial charge in [-0.25, -0.2) is 9.97 Å². The number of benzene rings is 4. The Balaban J connectivity index is 1.02. The van der Waals surface area contributed by atoms with Crippen LogP contribution in [0.1, 0.15) is 29.1 Å². The van der Waals surface area contributed by atoms with Crippen molar-refractivity contribution in [1.82, 2.24) is 25.6 Å². The first-order valence-electron chi connectivity index (χ1n) is 17.7. The van der Waals surface area contributed by atoms with Crippen LogP contribution in [-0.2, 0) is 4.74 Å². The molecule has 4 aromatic carbocycles. The van der Waals surface area contributed by atoms with E-state index in [1.807, 2.05) is 42.9 Å². The normalized spacial score (nSPS) is 19.6. The van der Waals surface area contributed by atoms with Gasteiger partial charge < -0.3 is 20.3 Å². The standard InChI is InChI=1S/C45H34N6O/c1-2-7-33(8-3-1)45-50-37-17-18-41-42(43(37)52-45)36-11-4-5-12-40(36)51(41)35-10-6-9-34(27-35)39-28-38(48-44(49-39)32-21-25-47-26-22-32)31-15-13-29(14-16-31)30-19-23-46-24-20-30/h1-25,27-28,41-42,45,47,50H,26H2. The zero-order valence-electron chi connectivity index (χ0n) is 28.2. The zero-order chi connectivity index (χ0) is 34.4. The van der Waals surface area contributed by atoms with Gasteiger partial charge in [-0.05, 0) is 71.4 Å². The Kier molecular flexibility index (Phi) is 7.27. The van der Waals surface area contributed by atoms with E-state index >= 15 is 0 Å². The number of nitrogens with one attached hydrogen (secondary N) is 2. The Morgan fingerprint density at radius 1 is 0.692 bits per heavy atom. The fraction of sp³-hybridized carbons (Fsp3) is 0.0889.